The van der Waals surface area contributed by atoms with E-state index >= 15 is 0 Å². The van der Waals surface area contributed by atoms with Crippen LogP contribution in [-0.2, 0) is 4.74 Å². The molecule has 5 nitrogen and oxygen atoms in total. The van der Waals surface area contributed by atoms with E-state index in [1.807, 2.05) is 0 Å². The number of halogens is 1. The van der Waals surface area contributed by atoms with Gasteiger partial charge in [0.2, 0.25) is 0 Å². The predicted molar refractivity (Wildman–Crippen MR) is 103 cm³/mol. The molecular weight excluding hydrogens is 391 g/mol. The van der Waals surface area contributed by atoms with Crippen LogP contribution in [0.4, 0.5) is 0 Å². The van der Waals surface area contributed by atoms with Crippen LogP contribution in [0.2, 0.25) is 0 Å². The maximum atomic E-state index is 5.41. The van der Waals surface area contributed by atoms with Crippen molar-refractivity contribution in [3.63, 3.8) is 0 Å². The number of nitrogens with zero attached hydrogens (tertiary/aromatic N) is 2. The zero-order chi connectivity index (χ0) is 15.1. The van der Waals surface area contributed by atoms with Crippen LogP contribution in [0.1, 0.15) is 40.0 Å². The van der Waals surface area contributed by atoms with Gasteiger partial charge in [-0.25, -0.2) is 0 Å². The van der Waals surface area contributed by atoms with Gasteiger partial charge in [0.25, 0.3) is 0 Å². The van der Waals surface area contributed by atoms with Crippen LogP contribution in [0.3, 0.4) is 0 Å². The molecule has 6 heteroatoms. The molecule has 0 aromatic carbocycles. The standard InChI is InChI=1S/C16H32N4O.HI/c1-4-6-14-11-15(14)19-16(17-5-2)18-12-13(3)20-7-9-21-10-8-20;/h13-15H,4-12H2,1-3H3,(H2,17,18,19);1H. The number of morpholine rings is 1. The summed E-state index contributed by atoms with van der Waals surface area (Å²) in [6, 6.07) is 1.12. The lowest BCUT2D eigenvalue weighted by Gasteiger charge is -2.31. The Kier molecular flexibility index (Phi) is 9.66. The van der Waals surface area contributed by atoms with E-state index in [9.17, 15) is 0 Å². The van der Waals surface area contributed by atoms with Crippen molar-refractivity contribution in [3.8, 4) is 0 Å². The minimum atomic E-state index is 0. The topological polar surface area (TPSA) is 48.9 Å². The molecule has 2 rings (SSSR count). The van der Waals surface area contributed by atoms with Crippen molar-refractivity contribution in [3.05, 3.63) is 0 Å². The fourth-order valence-electron chi connectivity index (χ4n) is 2.97. The number of nitrogens with one attached hydrogen (secondary N) is 2. The molecule has 3 unspecified atom stereocenters. The predicted octanol–water partition coefficient (Wildman–Crippen LogP) is 2.07. The molecule has 0 radical (unpaired) electrons. The quantitative estimate of drug-likeness (QED) is 0.373. The summed E-state index contributed by atoms with van der Waals surface area (Å²) >= 11 is 0. The minimum Gasteiger partial charge on any atom is -0.379 e. The van der Waals surface area contributed by atoms with Gasteiger partial charge in [-0.15, -0.1) is 24.0 Å². The van der Waals surface area contributed by atoms with E-state index in [0.717, 1.165) is 51.3 Å². The first-order valence-electron chi connectivity index (χ1n) is 8.61. The molecule has 1 saturated heterocycles. The summed E-state index contributed by atoms with van der Waals surface area (Å²) in [6.45, 7) is 12.2. The molecule has 2 N–H and O–H groups in total. The Hall–Kier alpha value is -0.0800. The van der Waals surface area contributed by atoms with Gasteiger partial charge in [0.15, 0.2) is 5.96 Å². The molecule has 0 aromatic heterocycles. The van der Waals surface area contributed by atoms with Crippen molar-refractivity contribution in [2.24, 2.45) is 10.9 Å². The Bertz CT molecular complexity index is 334. The van der Waals surface area contributed by atoms with Crippen molar-refractivity contribution in [2.45, 2.75) is 52.1 Å². The van der Waals surface area contributed by atoms with Gasteiger partial charge in [0, 0.05) is 31.7 Å². The van der Waals surface area contributed by atoms with E-state index in [2.05, 4.69) is 36.3 Å². The van der Waals surface area contributed by atoms with Crippen molar-refractivity contribution < 1.29 is 4.74 Å². The van der Waals surface area contributed by atoms with Crippen LogP contribution in [0.15, 0.2) is 4.99 Å². The summed E-state index contributed by atoms with van der Waals surface area (Å²) in [6.07, 6.45) is 3.92. The third-order valence-electron chi connectivity index (χ3n) is 4.43. The van der Waals surface area contributed by atoms with Crippen LogP contribution in [0.25, 0.3) is 0 Å². The fraction of sp³-hybridized carbons (Fsp3) is 0.938. The fourth-order valence-corrected chi connectivity index (χ4v) is 2.97. The normalized spacial score (nSPS) is 27.0. The van der Waals surface area contributed by atoms with Gasteiger partial charge in [-0.1, -0.05) is 13.3 Å². The molecule has 1 heterocycles. The molecule has 2 fully saturated rings. The van der Waals surface area contributed by atoms with Crippen molar-refractivity contribution in [2.75, 3.05) is 39.4 Å². The van der Waals surface area contributed by atoms with E-state index < -0.39 is 0 Å². The molecule has 0 aromatic rings. The van der Waals surface area contributed by atoms with E-state index in [1.165, 1.54) is 19.3 Å². The first kappa shape index (κ1) is 20.0. The van der Waals surface area contributed by atoms with E-state index in [4.69, 9.17) is 9.73 Å². The van der Waals surface area contributed by atoms with Crippen molar-refractivity contribution in [1.29, 1.82) is 0 Å². The third kappa shape index (κ3) is 6.58. The molecule has 0 spiro atoms. The Morgan fingerprint density at radius 3 is 2.68 bits per heavy atom. The highest BCUT2D eigenvalue weighted by Gasteiger charge is 2.36. The molecule has 0 amide bonds. The summed E-state index contributed by atoms with van der Waals surface area (Å²) in [5.41, 5.74) is 0. The monoisotopic (exact) mass is 424 g/mol. The van der Waals surface area contributed by atoms with Crippen LogP contribution >= 0.6 is 24.0 Å². The van der Waals surface area contributed by atoms with Gasteiger partial charge in [-0.3, -0.25) is 9.89 Å². The number of hydrogen-bond donors (Lipinski definition) is 2. The first-order valence-corrected chi connectivity index (χ1v) is 8.61. The average Bonchev–Trinajstić information content (AvgIpc) is 3.24. The molecule has 1 saturated carbocycles. The number of guanidine groups is 1. The third-order valence-corrected chi connectivity index (χ3v) is 4.43. The maximum Gasteiger partial charge on any atom is 0.191 e. The zero-order valence-corrected chi connectivity index (χ0v) is 16.6. The number of hydrogen-bond acceptors (Lipinski definition) is 3. The molecule has 2 aliphatic rings. The Balaban J connectivity index is 0.00000242. The highest BCUT2D eigenvalue weighted by atomic mass is 127. The molecule has 3 atom stereocenters. The molecule has 130 valence electrons. The van der Waals surface area contributed by atoms with Crippen LogP contribution < -0.4 is 10.6 Å². The van der Waals surface area contributed by atoms with Gasteiger partial charge < -0.3 is 15.4 Å². The summed E-state index contributed by atoms with van der Waals surface area (Å²) < 4.78 is 5.41. The summed E-state index contributed by atoms with van der Waals surface area (Å²) in [5, 5.41) is 6.95. The number of rotatable bonds is 7. The smallest absolute Gasteiger partial charge is 0.191 e. The van der Waals surface area contributed by atoms with Gasteiger partial charge >= 0.3 is 0 Å². The summed E-state index contributed by atoms with van der Waals surface area (Å²) in [7, 11) is 0. The first-order chi connectivity index (χ1) is 10.2. The SMILES string of the molecule is CCCC1CC1NC(=NCC(C)N1CCOCC1)NCC.I. The van der Waals surface area contributed by atoms with Crippen LogP contribution in [0, 0.1) is 5.92 Å². The maximum absolute atomic E-state index is 5.41. The summed E-state index contributed by atoms with van der Waals surface area (Å²) in [5.74, 6) is 1.84. The van der Waals surface area contributed by atoms with Gasteiger partial charge in [-0.2, -0.15) is 0 Å². The molecule has 0 bridgehead atoms. The molecular formula is C16H33IN4O. The lowest BCUT2D eigenvalue weighted by atomic mass is 10.2. The second kappa shape index (κ2) is 10.6. The highest BCUT2D eigenvalue weighted by molar-refractivity contribution is 14.0. The Labute approximate surface area is 152 Å². The Morgan fingerprint density at radius 1 is 1.32 bits per heavy atom. The largest absolute Gasteiger partial charge is 0.379 e. The van der Waals surface area contributed by atoms with E-state index in [1.54, 1.807) is 0 Å². The van der Waals surface area contributed by atoms with E-state index in [0.29, 0.717) is 12.1 Å². The lowest BCUT2D eigenvalue weighted by Crippen LogP contribution is -2.45. The second-order valence-corrected chi connectivity index (χ2v) is 6.25. The second-order valence-electron chi connectivity index (χ2n) is 6.25. The average molecular weight is 424 g/mol. The van der Waals surface area contributed by atoms with Gasteiger partial charge in [-0.05, 0) is 32.6 Å². The van der Waals surface area contributed by atoms with Gasteiger partial charge in [0.1, 0.15) is 0 Å². The Morgan fingerprint density at radius 2 is 2.05 bits per heavy atom. The molecule has 1 aliphatic heterocycles. The van der Waals surface area contributed by atoms with Crippen molar-refractivity contribution >= 4 is 29.9 Å². The summed E-state index contributed by atoms with van der Waals surface area (Å²) in [4.78, 5) is 7.24. The number of ether oxygens (including phenoxy) is 1. The van der Waals surface area contributed by atoms with Gasteiger partial charge in [0.05, 0.1) is 19.8 Å². The zero-order valence-electron chi connectivity index (χ0n) is 14.3. The number of aliphatic imine (C=N–C) groups is 1. The van der Waals surface area contributed by atoms with E-state index in [-0.39, 0.29) is 24.0 Å². The highest BCUT2D eigenvalue weighted by Crippen LogP contribution is 2.34. The molecule has 22 heavy (non-hydrogen) atoms. The molecule has 1 aliphatic carbocycles. The minimum absolute atomic E-state index is 0. The lowest BCUT2D eigenvalue weighted by molar-refractivity contribution is 0.0220. The van der Waals surface area contributed by atoms with Crippen molar-refractivity contribution in [1.82, 2.24) is 15.5 Å². The van der Waals surface area contributed by atoms with Crippen LogP contribution in [0.5, 0.6) is 0 Å². The van der Waals surface area contributed by atoms with Crippen LogP contribution in [-0.4, -0.2) is 62.3 Å².